The number of nitro benzene ring substituents is 1. The molecule has 1 amide bonds. The summed E-state index contributed by atoms with van der Waals surface area (Å²) in [5.74, 6) is 0.320. The van der Waals surface area contributed by atoms with Crippen molar-refractivity contribution in [3.63, 3.8) is 0 Å². The van der Waals surface area contributed by atoms with Crippen LogP contribution in [0.3, 0.4) is 0 Å². The number of carbonyl (C=O) groups is 1. The highest BCUT2D eigenvalue weighted by atomic mass is 16.6. The smallest absolute Gasteiger partial charge is 0.282 e. The number of hydrogen-bond acceptors (Lipinski definition) is 8. The molecule has 0 bridgehead atoms. The number of para-hydroxylation sites is 1. The van der Waals surface area contributed by atoms with E-state index in [2.05, 4.69) is 20.3 Å². The standard InChI is InChI=1S/C22H20N8O3/c31-22(17-8-4-5-9-18(17)30(32)33)28-12-10-27(11-13-28)20-19-21(24-15-23-20)29(26-25-19)14-16-6-2-1-3-7-16/h1-9,15H,10-14H2. The highest BCUT2D eigenvalue weighted by molar-refractivity contribution is 5.98. The van der Waals surface area contributed by atoms with Gasteiger partial charge in [0.1, 0.15) is 11.9 Å². The van der Waals surface area contributed by atoms with E-state index in [1.807, 2.05) is 35.2 Å². The third kappa shape index (κ3) is 3.95. The summed E-state index contributed by atoms with van der Waals surface area (Å²) in [5, 5.41) is 19.9. The Balaban J connectivity index is 1.33. The molecule has 1 aliphatic heterocycles. The average molecular weight is 444 g/mol. The fraction of sp³-hybridized carbons (Fsp3) is 0.227. The summed E-state index contributed by atoms with van der Waals surface area (Å²) in [5.41, 5.74) is 2.25. The van der Waals surface area contributed by atoms with Crippen LogP contribution in [-0.4, -0.2) is 66.9 Å². The fourth-order valence-electron chi connectivity index (χ4n) is 3.98. The van der Waals surface area contributed by atoms with E-state index in [-0.39, 0.29) is 17.2 Å². The lowest BCUT2D eigenvalue weighted by molar-refractivity contribution is -0.385. The van der Waals surface area contributed by atoms with Gasteiger partial charge >= 0.3 is 0 Å². The molecule has 1 fully saturated rings. The largest absolute Gasteiger partial charge is 0.351 e. The van der Waals surface area contributed by atoms with Crippen molar-refractivity contribution in [3.05, 3.63) is 82.2 Å². The Kier molecular flexibility index (Phi) is 5.35. The van der Waals surface area contributed by atoms with Gasteiger partial charge in [-0.1, -0.05) is 47.7 Å². The Morgan fingerprint density at radius 2 is 1.70 bits per heavy atom. The minimum absolute atomic E-state index is 0.101. The minimum Gasteiger partial charge on any atom is -0.351 e. The van der Waals surface area contributed by atoms with Gasteiger partial charge in [0.15, 0.2) is 17.0 Å². The molecule has 3 heterocycles. The maximum atomic E-state index is 12.9. The number of carbonyl (C=O) groups excluding carboxylic acids is 1. The van der Waals surface area contributed by atoms with E-state index in [1.54, 1.807) is 21.7 Å². The Morgan fingerprint density at radius 1 is 0.970 bits per heavy atom. The van der Waals surface area contributed by atoms with Gasteiger partial charge in [0, 0.05) is 32.2 Å². The summed E-state index contributed by atoms with van der Waals surface area (Å²) in [6.45, 7) is 2.41. The first-order valence-electron chi connectivity index (χ1n) is 10.5. The maximum Gasteiger partial charge on any atom is 0.282 e. The monoisotopic (exact) mass is 444 g/mol. The van der Waals surface area contributed by atoms with Gasteiger partial charge in [-0.3, -0.25) is 14.9 Å². The van der Waals surface area contributed by atoms with Gasteiger partial charge in [-0.2, -0.15) is 0 Å². The number of piperazine rings is 1. The molecule has 1 aliphatic rings. The average Bonchev–Trinajstić information content (AvgIpc) is 3.27. The zero-order valence-electron chi connectivity index (χ0n) is 17.6. The van der Waals surface area contributed by atoms with Crippen LogP contribution in [0.25, 0.3) is 11.2 Å². The zero-order valence-corrected chi connectivity index (χ0v) is 17.6. The second kappa shape index (κ2) is 8.61. The first-order chi connectivity index (χ1) is 16.1. The van der Waals surface area contributed by atoms with E-state index < -0.39 is 4.92 Å². The lowest BCUT2D eigenvalue weighted by Crippen LogP contribution is -2.49. The van der Waals surface area contributed by atoms with Crippen LogP contribution in [0, 0.1) is 10.1 Å². The number of hydrogen-bond donors (Lipinski definition) is 0. The number of amides is 1. The van der Waals surface area contributed by atoms with E-state index >= 15 is 0 Å². The van der Waals surface area contributed by atoms with E-state index in [0.29, 0.717) is 49.7 Å². The van der Waals surface area contributed by atoms with Crippen molar-refractivity contribution in [2.75, 3.05) is 31.1 Å². The number of fused-ring (bicyclic) bond motifs is 1. The van der Waals surface area contributed by atoms with Crippen molar-refractivity contribution in [1.82, 2.24) is 29.9 Å². The lowest BCUT2D eigenvalue weighted by Gasteiger charge is -2.35. The molecule has 4 aromatic rings. The van der Waals surface area contributed by atoms with E-state index in [9.17, 15) is 14.9 Å². The molecule has 5 rings (SSSR count). The lowest BCUT2D eigenvalue weighted by atomic mass is 10.1. The topological polar surface area (TPSA) is 123 Å². The third-order valence-corrected chi connectivity index (χ3v) is 5.65. The van der Waals surface area contributed by atoms with Crippen LogP contribution >= 0.6 is 0 Å². The molecule has 2 aromatic heterocycles. The molecule has 0 saturated carbocycles. The molecule has 166 valence electrons. The molecule has 11 nitrogen and oxygen atoms in total. The molecule has 0 aliphatic carbocycles. The van der Waals surface area contributed by atoms with E-state index in [0.717, 1.165) is 5.56 Å². The van der Waals surface area contributed by atoms with Gasteiger partial charge in [-0.25, -0.2) is 14.6 Å². The van der Waals surface area contributed by atoms with Crippen molar-refractivity contribution in [2.24, 2.45) is 0 Å². The molecular formula is C22H20N8O3. The molecule has 0 atom stereocenters. The number of aromatic nitrogens is 5. The normalized spacial score (nSPS) is 13.9. The molecule has 11 heteroatoms. The van der Waals surface area contributed by atoms with Crippen LogP contribution in [0.5, 0.6) is 0 Å². The second-order valence-corrected chi connectivity index (χ2v) is 7.66. The molecule has 33 heavy (non-hydrogen) atoms. The number of benzene rings is 2. The van der Waals surface area contributed by atoms with Crippen molar-refractivity contribution < 1.29 is 9.72 Å². The molecule has 0 unspecified atom stereocenters. The molecule has 0 radical (unpaired) electrons. The summed E-state index contributed by atoms with van der Waals surface area (Å²) in [6.07, 6.45) is 1.49. The van der Waals surface area contributed by atoms with Gasteiger partial charge < -0.3 is 9.80 Å². The summed E-state index contributed by atoms with van der Waals surface area (Å²) in [7, 11) is 0. The highest BCUT2D eigenvalue weighted by Gasteiger charge is 2.28. The first-order valence-corrected chi connectivity index (χ1v) is 10.5. The van der Waals surface area contributed by atoms with Gasteiger partial charge in [-0.05, 0) is 11.6 Å². The summed E-state index contributed by atoms with van der Waals surface area (Å²) >= 11 is 0. The summed E-state index contributed by atoms with van der Waals surface area (Å²) in [4.78, 5) is 36.1. The van der Waals surface area contributed by atoms with E-state index in [1.165, 1.54) is 18.5 Å². The quantitative estimate of drug-likeness (QED) is 0.339. The molecule has 2 aromatic carbocycles. The zero-order chi connectivity index (χ0) is 22.8. The van der Waals surface area contributed by atoms with Crippen molar-refractivity contribution in [1.29, 1.82) is 0 Å². The van der Waals surface area contributed by atoms with E-state index in [4.69, 9.17) is 0 Å². The highest BCUT2D eigenvalue weighted by Crippen LogP contribution is 2.24. The predicted octanol–water partition coefficient (Wildman–Crippen LogP) is 2.14. The Morgan fingerprint density at radius 3 is 2.45 bits per heavy atom. The SMILES string of the molecule is O=C(c1ccccc1[N+](=O)[O-])N1CCN(c2ncnc3c2nnn3Cc2ccccc2)CC1. The fourth-order valence-corrected chi connectivity index (χ4v) is 3.98. The maximum absolute atomic E-state index is 12.9. The number of nitro groups is 1. The van der Waals surface area contributed by atoms with Crippen molar-refractivity contribution in [2.45, 2.75) is 6.54 Å². The van der Waals surface area contributed by atoms with Gasteiger partial charge in [0.05, 0.1) is 11.5 Å². The molecule has 0 spiro atoms. The molecule has 1 saturated heterocycles. The Bertz CT molecular complexity index is 1320. The Labute approximate surface area is 188 Å². The van der Waals surface area contributed by atoms with Crippen LogP contribution in [0.1, 0.15) is 15.9 Å². The summed E-state index contributed by atoms with van der Waals surface area (Å²) < 4.78 is 1.74. The molecule has 0 N–H and O–H groups in total. The van der Waals surface area contributed by atoms with Crippen LogP contribution in [0.15, 0.2) is 60.9 Å². The van der Waals surface area contributed by atoms with Gasteiger partial charge in [0.25, 0.3) is 11.6 Å². The van der Waals surface area contributed by atoms with Crippen molar-refractivity contribution in [3.8, 4) is 0 Å². The van der Waals surface area contributed by atoms with Crippen molar-refractivity contribution >= 4 is 28.6 Å². The predicted molar refractivity (Wildman–Crippen MR) is 120 cm³/mol. The van der Waals surface area contributed by atoms with Crippen LogP contribution < -0.4 is 4.90 Å². The van der Waals surface area contributed by atoms with Crippen LogP contribution in [0.4, 0.5) is 11.5 Å². The minimum atomic E-state index is -0.528. The second-order valence-electron chi connectivity index (χ2n) is 7.66. The first kappa shape index (κ1) is 20.5. The van der Waals surface area contributed by atoms with Gasteiger partial charge in [0.2, 0.25) is 0 Å². The van der Waals surface area contributed by atoms with Gasteiger partial charge in [-0.15, -0.1) is 5.10 Å². The van der Waals surface area contributed by atoms with Crippen LogP contribution in [-0.2, 0) is 6.54 Å². The number of rotatable bonds is 5. The third-order valence-electron chi connectivity index (χ3n) is 5.65. The summed E-state index contributed by atoms with van der Waals surface area (Å²) in [6, 6.07) is 16.0. The number of nitrogens with zero attached hydrogens (tertiary/aromatic N) is 8. The molecular weight excluding hydrogens is 424 g/mol. The Hall–Kier alpha value is -4.41. The number of anilines is 1. The van der Waals surface area contributed by atoms with Crippen LogP contribution in [0.2, 0.25) is 0 Å².